The second kappa shape index (κ2) is 8.47. The van der Waals surface area contributed by atoms with Gasteiger partial charge in [0, 0.05) is 11.8 Å². The number of hydrogen-bond acceptors (Lipinski definition) is 6. The molecule has 4 N–H and O–H groups in total. The van der Waals surface area contributed by atoms with Crippen LogP contribution >= 0.6 is 11.6 Å². The molecule has 2 aromatic rings. The summed E-state index contributed by atoms with van der Waals surface area (Å²) in [5, 5.41) is 11.1. The first-order valence-corrected chi connectivity index (χ1v) is 9.70. The SMILES string of the molecule is COc1cc(OC)c(NC(C)C(=O)Nc2cccc(S(N)(=O)=O)c2)cc1Cl. The molecule has 2 rings (SSSR count). The molecule has 0 spiro atoms. The second-order valence-corrected chi connectivity index (χ2v) is 7.58. The summed E-state index contributed by atoms with van der Waals surface area (Å²) >= 11 is 6.12. The minimum atomic E-state index is -3.86. The Morgan fingerprint density at radius 3 is 2.41 bits per heavy atom. The van der Waals surface area contributed by atoms with Gasteiger partial charge in [-0.2, -0.15) is 0 Å². The van der Waals surface area contributed by atoms with Crippen molar-refractivity contribution in [1.82, 2.24) is 0 Å². The van der Waals surface area contributed by atoms with Crippen LogP contribution in [0.25, 0.3) is 0 Å². The lowest BCUT2D eigenvalue weighted by atomic mass is 10.2. The zero-order chi connectivity index (χ0) is 20.2. The first-order chi connectivity index (χ1) is 12.7. The van der Waals surface area contributed by atoms with Crippen LogP contribution in [0, 0.1) is 0 Å². The molecule has 1 atom stereocenters. The minimum Gasteiger partial charge on any atom is -0.495 e. The lowest BCUT2D eigenvalue weighted by molar-refractivity contribution is -0.116. The maximum Gasteiger partial charge on any atom is 0.246 e. The molecule has 0 aromatic heterocycles. The Labute approximate surface area is 162 Å². The van der Waals surface area contributed by atoms with E-state index in [-0.39, 0.29) is 4.90 Å². The molecule has 1 unspecified atom stereocenters. The van der Waals surface area contributed by atoms with E-state index in [9.17, 15) is 13.2 Å². The van der Waals surface area contributed by atoms with E-state index in [0.717, 1.165) is 0 Å². The molecule has 0 saturated carbocycles. The smallest absolute Gasteiger partial charge is 0.246 e. The zero-order valence-corrected chi connectivity index (χ0v) is 16.5. The number of hydrogen-bond donors (Lipinski definition) is 3. The fraction of sp³-hybridized carbons (Fsp3) is 0.235. The van der Waals surface area contributed by atoms with Gasteiger partial charge in [0.05, 0.1) is 29.8 Å². The van der Waals surface area contributed by atoms with E-state index in [1.54, 1.807) is 25.1 Å². The number of primary sulfonamides is 1. The van der Waals surface area contributed by atoms with Crippen molar-refractivity contribution in [3.63, 3.8) is 0 Å². The molecular formula is C17H20ClN3O5S. The third-order valence-corrected chi connectivity index (χ3v) is 4.88. The van der Waals surface area contributed by atoms with Crippen LogP contribution in [0.2, 0.25) is 5.02 Å². The average molecular weight is 414 g/mol. The lowest BCUT2D eigenvalue weighted by Crippen LogP contribution is -2.32. The van der Waals surface area contributed by atoms with Crippen molar-refractivity contribution in [1.29, 1.82) is 0 Å². The number of anilines is 2. The Hall–Kier alpha value is -2.49. The molecule has 0 radical (unpaired) electrons. The van der Waals surface area contributed by atoms with E-state index < -0.39 is 22.0 Å². The van der Waals surface area contributed by atoms with E-state index in [0.29, 0.717) is 27.9 Å². The van der Waals surface area contributed by atoms with Crippen LogP contribution in [0.15, 0.2) is 41.3 Å². The van der Waals surface area contributed by atoms with E-state index in [1.165, 1.54) is 32.4 Å². The molecule has 0 aliphatic heterocycles. The van der Waals surface area contributed by atoms with E-state index in [2.05, 4.69) is 10.6 Å². The molecule has 8 nitrogen and oxygen atoms in total. The summed E-state index contributed by atoms with van der Waals surface area (Å²) in [4.78, 5) is 12.3. The summed E-state index contributed by atoms with van der Waals surface area (Å²) in [6.45, 7) is 1.64. The number of ether oxygens (including phenoxy) is 2. The molecule has 0 aliphatic carbocycles. The van der Waals surface area contributed by atoms with Crippen LogP contribution < -0.4 is 25.2 Å². The van der Waals surface area contributed by atoms with E-state index in [1.807, 2.05) is 0 Å². The number of rotatable bonds is 7. The van der Waals surface area contributed by atoms with Gasteiger partial charge in [0.25, 0.3) is 0 Å². The van der Waals surface area contributed by atoms with Gasteiger partial charge in [0.1, 0.15) is 17.5 Å². The van der Waals surface area contributed by atoms with Gasteiger partial charge < -0.3 is 20.1 Å². The molecule has 1 amide bonds. The summed E-state index contributed by atoms with van der Waals surface area (Å²) in [6.07, 6.45) is 0. The lowest BCUT2D eigenvalue weighted by Gasteiger charge is -2.18. The molecule has 146 valence electrons. The number of sulfonamides is 1. The standard InChI is InChI=1S/C17H20ClN3O5S/c1-10(20-14-8-13(18)15(25-2)9-16(14)26-3)17(22)21-11-5-4-6-12(7-11)27(19,23)24/h4-10,20H,1-3H3,(H,21,22)(H2,19,23,24). The Morgan fingerprint density at radius 1 is 1.15 bits per heavy atom. The van der Waals surface area contributed by atoms with Gasteiger partial charge in [-0.05, 0) is 31.2 Å². The number of amides is 1. The Kier molecular flexibility index (Phi) is 6.53. The van der Waals surface area contributed by atoms with Crippen LogP contribution in [0.3, 0.4) is 0 Å². The first kappa shape index (κ1) is 20.8. The Balaban J connectivity index is 2.16. The number of nitrogens with one attached hydrogen (secondary N) is 2. The molecule has 10 heteroatoms. The highest BCUT2D eigenvalue weighted by Crippen LogP contribution is 2.36. The number of halogens is 1. The fourth-order valence-electron chi connectivity index (χ4n) is 2.27. The van der Waals surface area contributed by atoms with Crippen LogP contribution in [-0.2, 0) is 14.8 Å². The molecule has 2 aromatic carbocycles. The molecule has 27 heavy (non-hydrogen) atoms. The number of carbonyl (C=O) groups excluding carboxylic acids is 1. The highest BCUT2D eigenvalue weighted by Gasteiger charge is 2.18. The van der Waals surface area contributed by atoms with Gasteiger partial charge >= 0.3 is 0 Å². The van der Waals surface area contributed by atoms with E-state index in [4.69, 9.17) is 26.2 Å². The number of methoxy groups -OCH3 is 2. The van der Waals surface area contributed by atoms with Crippen molar-refractivity contribution in [2.45, 2.75) is 17.9 Å². The first-order valence-electron chi connectivity index (χ1n) is 7.77. The monoisotopic (exact) mass is 413 g/mol. The van der Waals surface area contributed by atoms with Crippen molar-refractivity contribution in [2.75, 3.05) is 24.9 Å². The second-order valence-electron chi connectivity index (χ2n) is 5.62. The van der Waals surface area contributed by atoms with Crippen molar-refractivity contribution >= 4 is 38.9 Å². The molecule has 0 aliphatic rings. The van der Waals surface area contributed by atoms with Crippen LogP contribution in [0.4, 0.5) is 11.4 Å². The number of nitrogens with two attached hydrogens (primary N) is 1. The number of benzene rings is 2. The van der Waals surface area contributed by atoms with Gasteiger partial charge in [-0.1, -0.05) is 17.7 Å². The minimum absolute atomic E-state index is 0.0930. The molecule has 0 saturated heterocycles. The van der Waals surface area contributed by atoms with Gasteiger partial charge in [0.15, 0.2) is 0 Å². The predicted octanol–water partition coefficient (Wildman–Crippen LogP) is 2.44. The predicted molar refractivity (Wildman–Crippen MR) is 104 cm³/mol. The Morgan fingerprint density at radius 2 is 1.81 bits per heavy atom. The number of carbonyl (C=O) groups is 1. The summed E-state index contributed by atoms with van der Waals surface area (Å²) in [5.74, 6) is 0.499. The van der Waals surface area contributed by atoms with Gasteiger partial charge in [0.2, 0.25) is 15.9 Å². The molecule has 0 bridgehead atoms. The summed E-state index contributed by atoms with van der Waals surface area (Å²) in [7, 11) is -0.891. The highest BCUT2D eigenvalue weighted by atomic mass is 35.5. The largest absolute Gasteiger partial charge is 0.495 e. The zero-order valence-electron chi connectivity index (χ0n) is 14.9. The van der Waals surface area contributed by atoms with Crippen molar-refractivity contribution < 1.29 is 22.7 Å². The van der Waals surface area contributed by atoms with Gasteiger partial charge in [-0.3, -0.25) is 4.79 Å². The van der Waals surface area contributed by atoms with Crippen LogP contribution in [0.5, 0.6) is 11.5 Å². The summed E-state index contributed by atoms with van der Waals surface area (Å²) in [6, 6.07) is 8.18. The van der Waals surface area contributed by atoms with Crippen molar-refractivity contribution in [3.05, 3.63) is 41.4 Å². The van der Waals surface area contributed by atoms with Gasteiger partial charge in [-0.15, -0.1) is 0 Å². The third kappa shape index (κ3) is 5.25. The topological polar surface area (TPSA) is 120 Å². The molecular weight excluding hydrogens is 394 g/mol. The fourth-order valence-corrected chi connectivity index (χ4v) is 3.07. The third-order valence-electron chi connectivity index (χ3n) is 3.67. The maximum atomic E-state index is 12.4. The average Bonchev–Trinajstić information content (AvgIpc) is 2.61. The Bertz CT molecular complexity index is 950. The normalized spacial score (nSPS) is 12.2. The van der Waals surface area contributed by atoms with E-state index >= 15 is 0 Å². The van der Waals surface area contributed by atoms with Crippen LogP contribution in [-0.4, -0.2) is 34.6 Å². The van der Waals surface area contributed by atoms with Crippen molar-refractivity contribution in [2.24, 2.45) is 5.14 Å². The summed E-state index contributed by atoms with van der Waals surface area (Å²) < 4.78 is 33.2. The van der Waals surface area contributed by atoms with Crippen LogP contribution in [0.1, 0.15) is 6.92 Å². The molecule has 0 fully saturated rings. The summed E-state index contributed by atoms with van der Waals surface area (Å²) in [5.41, 5.74) is 0.809. The van der Waals surface area contributed by atoms with Gasteiger partial charge in [-0.25, -0.2) is 13.6 Å². The maximum absolute atomic E-state index is 12.4. The van der Waals surface area contributed by atoms with Crippen molar-refractivity contribution in [3.8, 4) is 11.5 Å². The highest BCUT2D eigenvalue weighted by molar-refractivity contribution is 7.89. The quantitative estimate of drug-likeness (QED) is 0.641. The molecule has 0 heterocycles.